The Morgan fingerprint density at radius 1 is 1.12 bits per heavy atom. The summed E-state index contributed by atoms with van der Waals surface area (Å²) in [6.07, 6.45) is 3.24. The smallest absolute Gasteiger partial charge is 0.324 e. The van der Waals surface area contributed by atoms with E-state index in [1.807, 2.05) is 37.3 Å². The van der Waals surface area contributed by atoms with Gasteiger partial charge in [-0.3, -0.25) is 4.79 Å². The minimum atomic E-state index is -3.86. The minimum absolute atomic E-state index is 0.0956. The molecule has 0 saturated heterocycles. The first-order chi connectivity index (χ1) is 12.3. The van der Waals surface area contributed by atoms with Crippen LogP contribution in [-0.2, 0) is 19.6 Å². The second-order valence-electron chi connectivity index (χ2n) is 5.78. The third kappa shape index (κ3) is 5.26. The predicted octanol–water partition coefficient (Wildman–Crippen LogP) is 1.86. The van der Waals surface area contributed by atoms with Crippen LogP contribution in [0.2, 0.25) is 0 Å². The average Bonchev–Trinajstić information content (AvgIpc) is 2.65. The van der Waals surface area contributed by atoms with Crippen LogP contribution < -0.4 is 10.5 Å². The highest BCUT2D eigenvalue weighted by molar-refractivity contribution is 7.89. The van der Waals surface area contributed by atoms with E-state index in [9.17, 15) is 13.2 Å². The van der Waals surface area contributed by atoms with Gasteiger partial charge in [0.05, 0.1) is 18.0 Å². The lowest BCUT2D eigenvalue weighted by atomic mass is 10.1. The molecule has 2 atom stereocenters. The monoisotopic (exact) mass is 374 g/mol. The van der Waals surface area contributed by atoms with E-state index in [2.05, 4.69) is 9.46 Å². The molecule has 26 heavy (non-hydrogen) atoms. The molecule has 2 rings (SSSR count). The van der Waals surface area contributed by atoms with Gasteiger partial charge < -0.3 is 10.5 Å². The topological polar surface area (TPSA) is 98.5 Å². The fourth-order valence-electron chi connectivity index (χ4n) is 2.26. The second-order valence-corrected chi connectivity index (χ2v) is 7.49. The molecule has 0 bridgehead atoms. The number of aryl methyl sites for hydroxylation is 1. The molecule has 0 heterocycles. The number of hydrogen-bond donors (Lipinski definition) is 2. The van der Waals surface area contributed by atoms with Crippen molar-refractivity contribution in [2.24, 2.45) is 5.73 Å². The SMILES string of the molecule is COC(=O)[C@@H](N)[C@H](/C=C/c1ccccc1)NS(=O)(=O)c1ccc(C)cc1. The van der Waals surface area contributed by atoms with E-state index in [0.717, 1.165) is 11.1 Å². The largest absolute Gasteiger partial charge is 0.468 e. The van der Waals surface area contributed by atoms with Crippen LogP contribution in [0.25, 0.3) is 6.08 Å². The molecule has 0 amide bonds. The number of nitrogens with one attached hydrogen (secondary N) is 1. The Hall–Kier alpha value is -2.48. The van der Waals surface area contributed by atoms with Crippen molar-refractivity contribution in [3.63, 3.8) is 0 Å². The van der Waals surface area contributed by atoms with E-state index in [4.69, 9.17) is 5.73 Å². The van der Waals surface area contributed by atoms with Crippen molar-refractivity contribution in [2.75, 3.05) is 7.11 Å². The Morgan fingerprint density at radius 3 is 2.31 bits per heavy atom. The highest BCUT2D eigenvalue weighted by Crippen LogP contribution is 2.13. The van der Waals surface area contributed by atoms with Crippen molar-refractivity contribution in [1.82, 2.24) is 4.72 Å². The highest BCUT2D eigenvalue weighted by atomic mass is 32.2. The third-order valence-corrected chi connectivity index (χ3v) is 5.25. The first-order valence-electron chi connectivity index (χ1n) is 7.99. The molecular formula is C19H22N2O4S. The zero-order valence-electron chi connectivity index (χ0n) is 14.6. The molecule has 7 heteroatoms. The molecule has 0 fully saturated rings. The number of esters is 1. The van der Waals surface area contributed by atoms with Gasteiger partial charge in [-0.1, -0.05) is 60.2 Å². The highest BCUT2D eigenvalue weighted by Gasteiger charge is 2.28. The van der Waals surface area contributed by atoms with E-state index >= 15 is 0 Å². The summed E-state index contributed by atoms with van der Waals surface area (Å²) < 4.78 is 32.4. The maximum atomic E-state index is 12.6. The van der Waals surface area contributed by atoms with E-state index in [1.165, 1.54) is 19.2 Å². The summed E-state index contributed by atoms with van der Waals surface area (Å²) in [6, 6.07) is 13.5. The number of methoxy groups -OCH3 is 1. The van der Waals surface area contributed by atoms with E-state index < -0.39 is 28.1 Å². The van der Waals surface area contributed by atoms with Gasteiger partial charge in [0.1, 0.15) is 6.04 Å². The number of benzene rings is 2. The van der Waals surface area contributed by atoms with Crippen molar-refractivity contribution < 1.29 is 17.9 Å². The van der Waals surface area contributed by atoms with Gasteiger partial charge in [0.15, 0.2) is 0 Å². The standard InChI is InChI=1S/C19H22N2O4S/c1-14-8-11-16(12-9-14)26(23,24)21-17(18(20)19(22)25-2)13-10-15-6-4-3-5-7-15/h3-13,17-18,21H,20H2,1-2H3/b13-10+/t17-,18-/m0/s1. The zero-order valence-corrected chi connectivity index (χ0v) is 15.4. The number of ether oxygens (including phenoxy) is 1. The number of hydrogen-bond acceptors (Lipinski definition) is 5. The van der Waals surface area contributed by atoms with Crippen LogP contribution in [0.4, 0.5) is 0 Å². The summed E-state index contributed by atoms with van der Waals surface area (Å²) in [7, 11) is -2.65. The molecule has 138 valence electrons. The molecule has 0 radical (unpaired) electrons. The van der Waals surface area contributed by atoms with Gasteiger partial charge in [-0.05, 0) is 24.6 Å². The van der Waals surface area contributed by atoms with Crippen LogP contribution in [0.3, 0.4) is 0 Å². The van der Waals surface area contributed by atoms with Gasteiger partial charge >= 0.3 is 5.97 Å². The van der Waals surface area contributed by atoms with E-state index in [1.54, 1.807) is 24.3 Å². The van der Waals surface area contributed by atoms with Crippen molar-refractivity contribution in [2.45, 2.75) is 23.9 Å². The van der Waals surface area contributed by atoms with Crippen molar-refractivity contribution >= 4 is 22.1 Å². The zero-order chi connectivity index (χ0) is 19.2. The van der Waals surface area contributed by atoms with E-state index in [0.29, 0.717) is 0 Å². The van der Waals surface area contributed by atoms with Crippen molar-refractivity contribution in [3.8, 4) is 0 Å². The lowest BCUT2D eigenvalue weighted by molar-refractivity contribution is -0.142. The summed E-state index contributed by atoms with van der Waals surface area (Å²) in [5.41, 5.74) is 7.68. The van der Waals surface area contributed by atoms with Crippen LogP contribution in [-0.4, -0.2) is 33.6 Å². The molecule has 0 aliphatic heterocycles. The number of rotatable bonds is 7. The number of sulfonamides is 1. The van der Waals surface area contributed by atoms with Crippen molar-refractivity contribution in [3.05, 3.63) is 71.8 Å². The third-order valence-electron chi connectivity index (χ3n) is 3.78. The fraction of sp³-hybridized carbons (Fsp3) is 0.211. The Labute approximate surface area is 153 Å². The molecule has 0 aliphatic carbocycles. The first kappa shape index (κ1) is 19.8. The van der Waals surface area contributed by atoms with Gasteiger partial charge in [0.2, 0.25) is 10.0 Å². The molecule has 0 spiro atoms. The lowest BCUT2D eigenvalue weighted by Crippen LogP contribution is -2.51. The Bertz CT molecular complexity index is 862. The molecule has 2 aromatic rings. The van der Waals surface area contributed by atoms with Gasteiger partial charge in [-0.15, -0.1) is 0 Å². The Balaban J connectivity index is 2.29. The van der Waals surface area contributed by atoms with Gasteiger partial charge in [0, 0.05) is 0 Å². The Kier molecular flexibility index (Phi) is 6.68. The number of carbonyl (C=O) groups excluding carboxylic acids is 1. The molecule has 0 unspecified atom stereocenters. The maximum absolute atomic E-state index is 12.6. The van der Waals surface area contributed by atoms with Gasteiger partial charge in [-0.25, -0.2) is 13.1 Å². The van der Waals surface area contributed by atoms with Crippen LogP contribution in [0, 0.1) is 6.92 Å². The predicted molar refractivity (Wildman–Crippen MR) is 101 cm³/mol. The van der Waals surface area contributed by atoms with Gasteiger partial charge in [-0.2, -0.15) is 0 Å². The summed E-state index contributed by atoms with van der Waals surface area (Å²) in [5, 5.41) is 0. The van der Waals surface area contributed by atoms with Crippen LogP contribution >= 0.6 is 0 Å². The lowest BCUT2D eigenvalue weighted by Gasteiger charge is -2.20. The van der Waals surface area contributed by atoms with Crippen LogP contribution in [0.5, 0.6) is 0 Å². The molecule has 3 N–H and O–H groups in total. The number of carbonyl (C=O) groups is 1. The summed E-state index contributed by atoms with van der Waals surface area (Å²) in [4.78, 5) is 11.9. The first-order valence-corrected chi connectivity index (χ1v) is 9.47. The van der Waals surface area contributed by atoms with Crippen molar-refractivity contribution in [1.29, 1.82) is 0 Å². The van der Waals surface area contributed by atoms with Crippen LogP contribution in [0.1, 0.15) is 11.1 Å². The van der Waals surface area contributed by atoms with Crippen LogP contribution in [0.15, 0.2) is 65.6 Å². The molecule has 0 aliphatic rings. The molecular weight excluding hydrogens is 352 g/mol. The summed E-state index contributed by atoms with van der Waals surface area (Å²) in [5.74, 6) is -0.709. The van der Waals surface area contributed by atoms with Gasteiger partial charge in [0.25, 0.3) is 0 Å². The molecule has 0 aromatic heterocycles. The van der Waals surface area contributed by atoms with E-state index in [-0.39, 0.29) is 4.90 Å². The average molecular weight is 374 g/mol. The maximum Gasteiger partial charge on any atom is 0.324 e. The minimum Gasteiger partial charge on any atom is -0.468 e. The quantitative estimate of drug-likeness (QED) is 0.721. The molecule has 2 aromatic carbocycles. The summed E-state index contributed by atoms with van der Waals surface area (Å²) >= 11 is 0. The normalized spacial score (nSPS) is 14.1. The molecule has 6 nitrogen and oxygen atoms in total. The molecule has 0 saturated carbocycles. The summed E-state index contributed by atoms with van der Waals surface area (Å²) in [6.45, 7) is 1.86. The second kappa shape index (κ2) is 8.75. The Morgan fingerprint density at radius 2 is 1.73 bits per heavy atom. The number of nitrogens with two attached hydrogens (primary N) is 1. The fourth-order valence-corrected chi connectivity index (χ4v) is 3.47.